The Morgan fingerprint density at radius 1 is 1.25 bits per heavy atom. The molecule has 43 valence electrons. The Morgan fingerprint density at radius 2 is 1.88 bits per heavy atom. The molecule has 8 heavy (non-hydrogen) atoms. The lowest BCUT2D eigenvalue weighted by Gasteiger charge is -2.03. The van der Waals surface area contributed by atoms with E-state index in [1.165, 1.54) is 31.3 Å². The van der Waals surface area contributed by atoms with Crippen molar-refractivity contribution in [1.82, 2.24) is 0 Å². The van der Waals surface area contributed by atoms with Crippen LogP contribution >= 0.6 is 0 Å². The Kier molecular flexibility index (Phi) is 0.787. The van der Waals surface area contributed by atoms with Crippen molar-refractivity contribution in [3.63, 3.8) is 0 Å². The zero-order chi connectivity index (χ0) is 5.56. The van der Waals surface area contributed by atoms with Crippen molar-refractivity contribution in [3.05, 3.63) is 18.1 Å². The van der Waals surface area contributed by atoms with Crippen molar-refractivity contribution >= 4 is 0 Å². The van der Waals surface area contributed by atoms with E-state index in [9.17, 15) is 0 Å². The van der Waals surface area contributed by atoms with Crippen LogP contribution in [0.5, 0.6) is 0 Å². The van der Waals surface area contributed by atoms with Gasteiger partial charge in [0.15, 0.2) is 0 Å². The van der Waals surface area contributed by atoms with Crippen LogP contribution < -0.4 is 0 Å². The lowest BCUT2D eigenvalue weighted by molar-refractivity contribution is 0.553. The number of hydrogen-bond donors (Lipinski definition) is 0. The summed E-state index contributed by atoms with van der Waals surface area (Å²) in [5.41, 5.74) is 1.49. The van der Waals surface area contributed by atoms with Gasteiger partial charge in [-0.1, -0.05) is 12.2 Å². The maximum Gasteiger partial charge on any atom is 0.000598 e. The first kappa shape index (κ1) is 4.60. The van der Waals surface area contributed by atoms with Crippen molar-refractivity contribution in [1.29, 1.82) is 0 Å². The van der Waals surface area contributed by atoms with Gasteiger partial charge in [-0.3, -0.25) is 0 Å². The van der Waals surface area contributed by atoms with E-state index in [-0.39, 0.29) is 0 Å². The zero-order valence-corrected chi connectivity index (χ0v) is 5.11. The zero-order valence-electron chi connectivity index (χ0n) is 5.11. The van der Waals surface area contributed by atoms with E-state index in [1.54, 1.807) is 5.92 Å². The van der Waals surface area contributed by atoms with Crippen molar-refractivity contribution in [3.8, 4) is 0 Å². The molecule has 0 aromatic heterocycles. The summed E-state index contributed by atoms with van der Waals surface area (Å²) in [5, 5.41) is 0. The van der Waals surface area contributed by atoms with Crippen molar-refractivity contribution < 1.29 is 0 Å². The number of fused-ring (bicyclic) bond motifs is 2. The predicted molar refractivity (Wildman–Crippen MR) is 34.3 cm³/mol. The molecule has 0 saturated heterocycles. The normalized spacial score (nSPS) is 30.2. The Hall–Kier alpha value is -0.260. The molecule has 0 unspecified atom stereocenters. The van der Waals surface area contributed by atoms with Gasteiger partial charge in [-0.25, -0.2) is 0 Å². The molecule has 0 amide bonds. The molecular weight excluding hydrogens is 96.1 g/mol. The summed E-state index contributed by atoms with van der Waals surface area (Å²) in [6, 6.07) is 0. The summed E-state index contributed by atoms with van der Waals surface area (Å²) < 4.78 is 0. The number of rotatable bonds is 0. The first-order valence-corrected chi connectivity index (χ1v) is 3.42. The van der Waals surface area contributed by atoms with Gasteiger partial charge < -0.3 is 0 Å². The average Bonchev–Trinajstić information content (AvgIpc) is 2.29. The van der Waals surface area contributed by atoms with Crippen LogP contribution in [0.1, 0.15) is 25.7 Å². The smallest absolute Gasteiger partial charge is 0.000598 e. The topological polar surface area (TPSA) is 0 Å². The van der Waals surface area contributed by atoms with Gasteiger partial charge in [0.1, 0.15) is 0 Å². The van der Waals surface area contributed by atoms with Gasteiger partial charge in [-0.05, 0) is 31.6 Å². The van der Waals surface area contributed by atoms with E-state index in [1.807, 2.05) is 0 Å². The van der Waals surface area contributed by atoms with Gasteiger partial charge in [0.25, 0.3) is 0 Å². The van der Waals surface area contributed by atoms with Crippen molar-refractivity contribution in [2.24, 2.45) is 5.92 Å². The van der Waals surface area contributed by atoms with Crippen LogP contribution in [0.3, 0.4) is 0 Å². The molecule has 2 fully saturated rings. The molecule has 0 heteroatoms. The molecule has 2 saturated carbocycles. The molecule has 0 aliphatic heterocycles. The molecule has 2 aliphatic carbocycles. The molecule has 0 aromatic rings. The summed E-state index contributed by atoms with van der Waals surface area (Å²) in [7, 11) is 0. The summed E-state index contributed by atoms with van der Waals surface area (Å²) in [5.74, 6) is 2.58. The molecule has 0 spiro atoms. The maximum atomic E-state index is 4.04. The Labute approximate surface area is 50.6 Å². The highest BCUT2D eigenvalue weighted by molar-refractivity contribution is 5.33. The molecule has 0 N–H and O–H groups in total. The Bertz CT molecular complexity index is 102. The van der Waals surface area contributed by atoms with Crippen LogP contribution in [0.15, 0.2) is 12.2 Å². The van der Waals surface area contributed by atoms with Gasteiger partial charge in [0, 0.05) is 5.92 Å². The Balaban J connectivity index is 2.28. The predicted octanol–water partition coefficient (Wildman–Crippen LogP) is 2.32. The third-order valence-corrected chi connectivity index (χ3v) is 2.54. The van der Waals surface area contributed by atoms with Crippen LogP contribution in [0.2, 0.25) is 0 Å². The third kappa shape index (κ3) is 0.410. The quantitative estimate of drug-likeness (QED) is 0.445. The fourth-order valence-corrected chi connectivity index (χ4v) is 1.92. The van der Waals surface area contributed by atoms with Crippen molar-refractivity contribution in [2.45, 2.75) is 25.7 Å². The van der Waals surface area contributed by atoms with Gasteiger partial charge in [-0.15, -0.1) is 0 Å². The van der Waals surface area contributed by atoms with Gasteiger partial charge >= 0.3 is 0 Å². The van der Waals surface area contributed by atoms with E-state index in [4.69, 9.17) is 0 Å². The molecule has 2 rings (SSSR count). The SMILES string of the molecule is C=C1[C]2CCC1CC2. The molecule has 1 radical (unpaired) electrons. The van der Waals surface area contributed by atoms with Gasteiger partial charge in [-0.2, -0.15) is 0 Å². The minimum Gasteiger partial charge on any atom is -0.0990 e. The largest absolute Gasteiger partial charge is 0.0990 e. The van der Waals surface area contributed by atoms with Crippen LogP contribution in [0, 0.1) is 11.8 Å². The molecule has 0 heterocycles. The van der Waals surface area contributed by atoms with E-state index in [0.717, 1.165) is 5.92 Å². The third-order valence-electron chi connectivity index (χ3n) is 2.54. The first-order chi connectivity index (χ1) is 3.88. The van der Waals surface area contributed by atoms with E-state index >= 15 is 0 Å². The van der Waals surface area contributed by atoms with Gasteiger partial charge in [0.05, 0.1) is 0 Å². The van der Waals surface area contributed by atoms with Crippen LogP contribution in [0.25, 0.3) is 0 Å². The minimum atomic E-state index is 0.907. The first-order valence-electron chi connectivity index (χ1n) is 3.42. The molecular formula is C8H11. The lowest BCUT2D eigenvalue weighted by atomic mass is 10.0. The van der Waals surface area contributed by atoms with E-state index < -0.39 is 0 Å². The van der Waals surface area contributed by atoms with Crippen LogP contribution in [-0.4, -0.2) is 0 Å². The maximum absolute atomic E-state index is 4.04. The fourth-order valence-electron chi connectivity index (χ4n) is 1.92. The highest BCUT2D eigenvalue weighted by Crippen LogP contribution is 2.49. The van der Waals surface area contributed by atoms with E-state index in [0.29, 0.717) is 0 Å². The average molecular weight is 107 g/mol. The second-order valence-corrected chi connectivity index (χ2v) is 2.90. The van der Waals surface area contributed by atoms with Crippen LogP contribution in [-0.2, 0) is 0 Å². The minimum absolute atomic E-state index is 0.907. The van der Waals surface area contributed by atoms with E-state index in [2.05, 4.69) is 6.58 Å². The summed E-state index contributed by atoms with van der Waals surface area (Å²) in [6.07, 6.45) is 5.55. The second kappa shape index (κ2) is 1.37. The number of hydrogen-bond acceptors (Lipinski definition) is 0. The summed E-state index contributed by atoms with van der Waals surface area (Å²) in [4.78, 5) is 0. The molecule has 0 atom stereocenters. The summed E-state index contributed by atoms with van der Waals surface area (Å²) in [6.45, 7) is 4.04. The molecule has 2 aliphatic rings. The highest BCUT2D eigenvalue weighted by Gasteiger charge is 2.35. The highest BCUT2D eigenvalue weighted by atomic mass is 14.4. The lowest BCUT2D eigenvalue weighted by Crippen LogP contribution is -1.89. The Morgan fingerprint density at radius 3 is 2.00 bits per heavy atom. The monoisotopic (exact) mass is 107 g/mol. The molecule has 2 bridgehead atoms. The fraction of sp³-hybridized carbons (Fsp3) is 0.625. The van der Waals surface area contributed by atoms with Gasteiger partial charge in [0.2, 0.25) is 0 Å². The number of allylic oxidation sites excluding steroid dienone is 1. The molecule has 0 aromatic carbocycles. The standard InChI is InChI=1S/C8H11/c1-6-7-2-3-8(6)5-4-7/h7H,1-5H2. The summed E-state index contributed by atoms with van der Waals surface area (Å²) >= 11 is 0. The second-order valence-electron chi connectivity index (χ2n) is 2.90. The molecule has 0 nitrogen and oxygen atoms in total. The van der Waals surface area contributed by atoms with Crippen LogP contribution in [0.4, 0.5) is 0 Å². The van der Waals surface area contributed by atoms with Crippen molar-refractivity contribution in [2.75, 3.05) is 0 Å².